The van der Waals surface area contributed by atoms with Crippen molar-refractivity contribution in [2.75, 3.05) is 0 Å². The van der Waals surface area contributed by atoms with Crippen LogP contribution in [0.5, 0.6) is 0 Å². The molecule has 158 valence electrons. The summed E-state index contributed by atoms with van der Waals surface area (Å²) >= 11 is 0. The Labute approximate surface area is 187 Å². The van der Waals surface area contributed by atoms with Crippen LogP contribution >= 0.6 is 0 Å². The van der Waals surface area contributed by atoms with E-state index in [2.05, 4.69) is 79.7 Å². The van der Waals surface area contributed by atoms with Crippen molar-refractivity contribution in [3.8, 4) is 22.4 Å². The number of rotatable bonds is 4. The summed E-state index contributed by atoms with van der Waals surface area (Å²) < 4.78 is 19.6. The molecule has 2 heteroatoms. The average Bonchev–Trinajstić information content (AvgIpc) is 2.68. The summed E-state index contributed by atoms with van der Waals surface area (Å²) in [5, 5.41) is 1.48. The minimum absolute atomic E-state index is 0.484. The molecule has 0 saturated carbocycles. The van der Waals surface area contributed by atoms with Crippen molar-refractivity contribution in [1.82, 2.24) is 0 Å². The highest BCUT2D eigenvalue weighted by Crippen LogP contribution is 2.30. The molecule has 30 heavy (non-hydrogen) atoms. The second-order valence-electron chi connectivity index (χ2n) is 10.6. The first kappa shape index (κ1) is 19.8. The van der Waals surface area contributed by atoms with Gasteiger partial charge in [0.1, 0.15) is 7.05 Å². The van der Waals surface area contributed by atoms with Crippen molar-refractivity contribution >= 4 is 13.3 Å². The molecule has 1 aromatic heterocycles. The Balaban J connectivity index is 2.26. The normalized spacial score (nSPS) is 13.8. The van der Waals surface area contributed by atoms with Gasteiger partial charge in [-0.25, -0.2) is 4.57 Å². The summed E-state index contributed by atoms with van der Waals surface area (Å²) in [6.07, 6.45) is 0.573. The van der Waals surface area contributed by atoms with Crippen molar-refractivity contribution in [2.24, 2.45) is 12.5 Å². The van der Waals surface area contributed by atoms with Gasteiger partial charge in [-0.3, -0.25) is 0 Å². The Morgan fingerprint density at radius 2 is 1.53 bits per heavy atom. The summed E-state index contributed by atoms with van der Waals surface area (Å²) in [7, 11) is 0.481. The minimum Gasteiger partial charge on any atom is -0.201 e. The van der Waals surface area contributed by atoms with Crippen molar-refractivity contribution in [3.63, 3.8) is 0 Å². The number of hydrogen-bond acceptors (Lipinski definition) is 0. The fraction of sp³-hybridized carbons (Fsp3) is 0.393. The van der Waals surface area contributed by atoms with Gasteiger partial charge in [-0.15, -0.1) is 0 Å². The summed E-state index contributed by atoms with van der Waals surface area (Å²) in [6, 6.07) is 17.6. The maximum Gasteiger partial charge on any atom is 0.212 e. The fourth-order valence-electron chi connectivity index (χ4n) is 4.01. The Morgan fingerprint density at radius 3 is 2.10 bits per heavy atom. The van der Waals surface area contributed by atoms with Gasteiger partial charge in [0.2, 0.25) is 5.69 Å². The first-order valence-electron chi connectivity index (χ1n) is 11.9. The quantitative estimate of drug-likeness (QED) is 0.332. The summed E-state index contributed by atoms with van der Waals surface area (Å²) in [4.78, 5) is 0. The van der Waals surface area contributed by atoms with E-state index < -0.39 is 19.9 Å². The van der Waals surface area contributed by atoms with Crippen LogP contribution < -0.4 is 9.75 Å². The lowest BCUT2D eigenvalue weighted by molar-refractivity contribution is -0.660. The molecule has 0 fully saturated rings. The standard InChI is InChI=1S/C28H38NSi/c1-20-15-26(29(6)19-23(20)18-28(3,4)5)24-17-25(22-13-11-10-12-14-22)27(16-21(24)2)30(7,8)9/h10-17,19H,18H2,1-9H3/q+1/i18D2. The van der Waals surface area contributed by atoms with Crippen LogP contribution in [0.3, 0.4) is 0 Å². The van der Waals surface area contributed by atoms with Gasteiger partial charge in [0, 0.05) is 19.9 Å². The number of hydrogen-bond donors (Lipinski definition) is 0. The van der Waals surface area contributed by atoms with Crippen LogP contribution in [0.2, 0.25) is 19.6 Å². The van der Waals surface area contributed by atoms with Crippen LogP contribution in [-0.2, 0) is 13.4 Å². The molecule has 3 rings (SSSR count). The van der Waals surface area contributed by atoms with Gasteiger partial charge < -0.3 is 0 Å². The first-order valence-corrected chi connectivity index (χ1v) is 14.4. The van der Waals surface area contributed by atoms with E-state index in [4.69, 9.17) is 2.74 Å². The lowest BCUT2D eigenvalue weighted by Gasteiger charge is -2.24. The van der Waals surface area contributed by atoms with Crippen LogP contribution in [0, 0.1) is 19.3 Å². The summed E-state index contributed by atoms with van der Waals surface area (Å²) in [5.41, 5.74) is 7.43. The highest BCUT2D eigenvalue weighted by atomic mass is 28.3. The zero-order chi connectivity index (χ0) is 24.1. The van der Waals surface area contributed by atoms with E-state index in [0.717, 1.165) is 16.8 Å². The molecule has 0 amide bonds. The average molecular weight is 419 g/mol. The Bertz CT molecular complexity index is 1140. The third kappa shape index (κ3) is 4.92. The first-order chi connectivity index (χ1) is 14.6. The lowest BCUT2D eigenvalue weighted by Crippen LogP contribution is -2.39. The van der Waals surface area contributed by atoms with Gasteiger partial charge in [-0.1, -0.05) is 82.0 Å². The topological polar surface area (TPSA) is 3.88 Å². The van der Waals surface area contributed by atoms with E-state index in [-0.39, 0.29) is 0 Å². The van der Waals surface area contributed by atoms with Gasteiger partial charge in [0.25, 0.3) is 0 Å². The predicted molar refractivity (Wildman–Crippen MR) is 134 cm³/mol. The van der Waals surface area contributed by atoms with E-state index in [1.165, 1.54) is 27.4 Å². The van der Waals surface area contributed by atoms with Crippen LogP contribution in [0.1, 0.15) is 40.2 Å². The van der Waals surface area contributed by atoms with E-state index in [1.807, 2.05) is 40.9 Å². The highest BCUT2D eigenvalue weighted by molar-refractivity contribution is 6.89. The molecule has 1 nitrogen and oxygen atoms in total. The molecule has 0 aliphatic rings. The largest absolute Gasteiger partial charge is 0.212 e. The second-order valence-corrected chi connectivity index (χ2v) is 15.6. The van der Waals surface area contributed by atoms with Crippen LogP contribution in [0.25, 0.3) is 22.4 Å². The second kappa shape index (κ2) is 8.15. The maximum atomic E-state index is 8.77. The van der Waals surface area contributed by atoms with Crippen molar-refractivity contribution in [3.05, 3.63) is 71.4 Å². The van der Waals surface area contributed by atoms with Gasteiger partial charge >= 0.3 is 0 Å². The van der Waals surface area contributed by atoms with E-state index in [1.54, 1.807) is 0 Å². The van der Waals surface area contributed by atoms with Crippen LogP contribution in [0.4, 0.5) is 0 Å². The molecule has 0 aliphatic heterocycles. The van der Waals surface area contributed by atoms with Gasteiger partial charge in [-0.2, -0.15) is 0 Å². The third-order valence-corrected chi connectivity index (χ3v) is 7.55. The fourth-order valence-corrected chi connectivity index (χ4v) is 5.69. The lowest BCUT2D eigenvalue weighted by atomic mass is 9.86. The summed E-state index contributed by atoms with van der Waals surface area (Å²) in [6.45, 7) is 17.3. The van der Waals surface area contributed by atoms with Crippen molar-refractivity contribution in [2.45, 2.75) is 60.6 Å². The zero-order valence-electron chi connectivity index (χ0n) is 22.1. The van der Waals surface area contributed by atoms with E-state index >= 15 is 0 Å². The smallest absolute Gasteiger partial charge is 0.201 e. The molecule has 0 atom stereocenters. The molecule has 0 bridgehead atoms. The third-order valence-electron chi connectivity index (χ3n) is 5.52. The van der Waals surface area contributed by atoms with Crippen molar-refractivity contribution in [1.29, 1.82) is 0 Å². The number of pyridine rings is 1. The predicted octanol–water partition coefficient (Wildman–Crippen LogP) is 6.60. The van der Waals surface area contributed by atoms with Gasteiger partial charge in [0.05, 0.1) is 8.07 Å². The SMILES string of the molecule is [2H]C([2H])(c1c[n+](C)c(-c2cc(-c3ccccc3)c([Si](C)(C)C)cc2C)cc1C)C(C)(C)C. The molecule has 0 radical (unpaired) electrons. The van der Waals surface area contributed by atoms with Crippen LogP contribution in [0.15, 0.2) is 54.7 Å². The molecule has 0 N–H and O–H groups in total. The monoisotopic (exact) mass is 418 g/mol. The molecule has 2 aromatic carbocycles. The maximum absolute atomic E-state index is 8.77. The number of aromatic nitrogens is 1. The number of nitrogens with zero attached hydrogens (tertiary/aromatic N) is 1. The molecule has 0 saturated heterocycles. The molecule has 0 spiro atoms. The Hall–Kier alpha value is -2.19. The van der Waals surface area contributed by atoms with Gasteiger partial charge in [0.15, 0.2) is 6.20 Å². The molecule has 1 heterocycles. The minimum atomic E-state index is -1.55. The van der Waals surface area contributed by atoms with Crippen LogP contribution in [-0.4, -0.2) is 8.07 Å². The Kier molecular flexibility index (Phi) is 5.37. The van der Waals surface area contributed by atoms with E-state index in [0.29, 0.717) is 0 Å². The summed E-state index contributed by atoms with van der Waals surface area (Å²) in [5.74, 6) is 0. The van der Waals surface area contributed by atoms with E-state index in [9.17, 15) is 0 Å². The zero-order valence-corrected chi connectivity index (χ0v) is 21.1. The Morgan fingerprint density at radius 1 is 0.900 bits per heavy atom. The molecule has 0 unspecified atom stereocenters. The highest BCUT2D eigenvalue weighted by Gasteiger charge is 2.25. The molecular formula is C28H38NSi+. The molecular weight excluding hydrogens is 378 g/mol. The number of benzene rings is 2. The van der Waals surface area contributed by atoms with Crippen molar-refractivity contribution < 1.29 is 7.31 Å². The molecule has 3 aromatic rings. The molecule has 0 aliphatic carbocycles. The number of aryl methyl sites for hydroxylation is 3. The van der Waals surface area contributed by atoms with Gasteiger partial charge in [-0.05, 0) is 54.0 Å².